The minimum absolute atomic E-state index is 0.178. The lowest BCUT2D eigenvalue weighted by atomic mass is 9.91. The third-order valence-electron chi connectivity index (χ3n) is 6.47. The Bertz CT molecular complexity index is 1430. The second kappa shape index (κ2) is 12.0. The quantitative estimate of drug-likeness (QED) is 0.311. The fraction of sp³-hybridized carbons (Fsp3) is 0.296. The van der Waals surface area contributed by atoms with E-state index in [0.29, 0.717) is 34.3 Å². The molecule has 5 rings (SSSR count). The van der Waals surface area contributed by atoms with Crippen LogP contribution in [0.4, 0.5) is 23.9 Å². The molecule has 13 heteroatoms. The minimum Gasteiger partial charge on any atom is -0.406 e. The van der Waals surface area contributed by atoms with Gasteiger partial charge in [0.15, 0.2) is 0 Å². The highest BCUT2D eigenvalue weighted by molar-refractivity contribution is 8.18. The molecule has 2 aliphatic rings. The molecule has 2 aromatic heterocycles. The van der Waals surface area contributed by atoms with E-state index < -0.39 is 17.5 Å². The highest BCUT2D eigenvalue weighted by atomic mass is 32.2. The normalized spacial score (nSPS) is 20.4. The van der Waals surface area contributed by atoms with Crippen molar-refractivity contribution in [1.29, 1.82) is 0 Å². The summed E-state index contributed by atoms with van der Waals surface area (Å²) < 4.78 is 42.1. The Kier molecular flexibility index (Phi) is 8.31. The molecule has 0 radical (unpaired) electrons. The maximum Gasteiger partial charge on any atom is 0.573 e. The molecular formula is C27H25F3N6O3S. The molecule has 9 nitrogen and oxygen atoms in total. The van der Waals surface area contributed by atoms with Gasteiger partial charge in [0, 0.05) is 36.6 Å². The van der Waals surface area contributed by atoms with E-state index >= 15 is 0 Å². The lowest BCUT2D eigenvalue weighted by molar-refractivity contribution is -0.274. The molecule has 40 heavy (non-hydrogen) atoms. The number of imide groups is 1. The van der Waals surface area contributed by atoms with E-state index in [0.717, 1.165) is 43.0 Å². The summed E-state index contributed by atoms with van der Waals surface area (Å²) in [5.41, 5.74) is 2.55. The van der Waals surface area contributed by atoms with Crippen LogP contribution in [0.5, 0.6) is 5.75 Å². The number of hydrogen-bond donors (Lipinski definition) is 3. The zero-order valence-electron chi connectivity index (χ0n) is 21.1. The molecule has 1 saturated heterocycles. The number of alkyl halides is 3. The summed E-state index contributed by atoms with van der Waals surface area (Å²) in [6.07, 6.45) is 3.60. The molecule has 2 amide bonds. The Balaban J connectivity index is 1.15. The maximum absolute atomic E-state index is 12.7. The summed E-state index contributed by atoms with van der Waals surface area (Å²) >= 11 is 0.838. The molecule has 1 aromatic carbocycles. The number of thioether (sulfide) groups is 1. The number of carbonyl (C=O) groups excluding carboxylic acids is 2. The van der Waals surface area contributed by atoms with Gasteiger partial charge in [0.1, 0.15) is 5.75 Å². The predicted molar refractivity (Wildman–Crippen MR) is 144 cm³/mol. The summed E-state index contributed by atoms with van der Waals surface area (Å²) in [5.74, 6) is -0.266. The van der Waals surface area contributed by atoms with Gasteiger partial charge in [-0.25, -0.2) is 9.97 Å². The van der Waals surface area contributed by atoms with Crippen LogP contribution in [-0.4, -0.2) is 44.5 Å². The molecule has 3 heterocycles. The van der Waals surface area contributed by atoms with Gasteiger partial charge in [0.25, 0.3) is 11.1 Å². The number of anilines is 1. The molecule has 208 valence electrons. The molecular weight excluding hydrogens is 545 g/mol. The van der Waals surface area contributed by atoms with Gasteiger partial charge < -0.3 is 15.4 Å². The van der Waals surface area contributed by atoms with Crippen molar-refractivity contribution in [2.45, 2.75) is 50.7 Å². The summed E-state index contributed by atoms with van der Waals surface area (Å²) in [4.78, 5) is 36.6. The number of aromatic nitrogens is 3. The lowest BCUT2D eigenvalue weighted by Crippen LogP contribution is -2.37. The third kappa shape index (κ3) is 7.36. The fourth-order valence-corrected chi connectivity index (χ4v) is 5.31. The van der Waals surface area contributed by atoms with Crippen LogP contribution in [-0.2, 0) is 11.3 Å². The van der Waals surface area contributed by atoms with Crippen molar-refractivity contribution in [3.05, 3.63) is 71.0 Å². The van der Waals surface area contributed by atoms with Gasteiger partial charge in [-0.05, 0) is 73.4 Å². The molecule has 2 fully saturated rings. The number of benzene rings is 1. The first-order valence-corrected chi connectivity index (χ1v) is 13.4. The zero-order valence-corrected chi connectivity index (χ0v) is 21.9. The van der Waals surface area contributed by atoms with E-state index in [1.165, 1.54) is 18.2 Å². The molecule has 0 atom stereocenters. The van der Waals surface area contributed by atoms with E-state index in [1.807, 2.05) is 6.07 Å². The highest BCUT2D eigenvalue weighted by Gasteiger charge is 2.31. The second-order valence-electron chi connectivity index (χ2n) is 9.32. The molecule has 1 aliphatic carbocycles. The number of rotatable bonds is 8. The SMILES string of the molecule is O=C1NC(=O)/C(=C/c2ccnc(NC3CCC(NCc4cccnc4-c4cccc(OC(F)(F)F)c4)CC3)n2)S1. The summed E-state index contributed by atoms with van der Waals surface area (Å²) in [7, 11) is 0. The first-order valence-electron chi connectivity index (χ1n) is 12.6. The topological polar surface area (TPSA) is 118 Å². The largest absolute Gasteiger partial charge is 0.573 e. The van der Waals surface area contributed by atoms with Gasteiger partial charge in [0.2, 0.25) is 5.95 Å². The van der Waals surface area contributed by atoms with Gasteiger partial charge in [0.05, 0.1) is 16.3 Å². The Labute approximate surface area is 232 Å². The number of amides is 2. The summed E-state index contributed by atoms with van der Waals surface area (Å²) in [5, 5.41) is 8.73. The number of pyridine rings is 1. The fourth-order valence-electron chi connectivity index (χ4n) is 4.64. The first kappa shape index (κ1) is 27.6. The average Bonchev–Trinajstić information content (AvgIpc) is 3.24. The van der Waals surface area contributed by atoms with Crippen LogP contribution in [0.25, 0.3) is 17.3 Å². The molecule has 3 aromatic rings. The third-order valence-corrected chi connectivity index (χ3v) is 7.28. The van der Waals surface area contributed by atoms with Crippen LogP contribution < -0.4 is 20.7 Å². The van der Waals surface area contributed by atoms with Gasteiger partial charge in [-0.1, -0.05) is 18.2 Å². The maximum atomic E-state index is 12.7. The Morgan fingerprint density at radius 2 is 1.82 bits per heavy atom. The van der Waals surface area contributed by atoms with Crippen LogP contribution in [0.15, 0.2) is 59.8 Å². The Hall–Kier alpha value is -3.97. The molecule has 1 saturated carbocycles. The van der Waals surface area contributed by atoms with E-state index in [9.17, 15) is 22.8 Å². The average molecular weight is 571 g/mol. The van der Waals surface area contributed by atoms with Gasteiger partial charge in [-0.15, -0.1) is 13.2 Å². The van der Waals surface area contributed by atoms with Crippen molar-refractivity contribution in [3.8, 4) is 17.0 Å². The van der Waals surface area contributed by atoms with E-state index in [4.69, 9.17) is 0 Å². The highest BCUT2D eigenvalue weighted by Crippen LogP contribution is 2.29. The molecule has 1 aliphatic heterocycles. The lowest BCUT2D eigenvalue weighted by Gasteiger charge is -2.30. The van der Waals surface area contributed by atoms with Crippen LogP contribution in [0.1, 0.15) is 36.9 Å². The smallest absolute Gasteiger partial charge is 0.406 e. The van der Waals surface area contributed by atoms with Gasteiger partial charge in [-0.2, -0.15) is 0 Å². The van der Waals surface area contributed by atoms with Crippen molar-refractivity contribution >= 4 is 34.9 Å². The molecule has 3 N–H and O–H groups in total. The van der Waals surface area contributed by atoms with Gasteiger partial charge in [-0.3, -0.25) is 19.9 Å². The second-order valence-corrected chi connectivity index (χ2v) is 10.3. The zero-order chi connectivity index (χ0) is 28.1. The molecule has 0 spiro atoms. The number of ether oxygens (including phenoxy) is 1. The Morgan fingerprint density at radius 3 is 2.58 bits per heavy atom. The van der Waals surface area contributed by atoms with E-state index in [1.54, 1.807) is 36.7 Å². The number of hydrogen-bond acceptors (Lipinski definition) is 9. The standard InChI is InChI=1S/C27H25F3N6O3S/c28-27(29,30)39-21-5-1-3-16(13-21)23-17(4-2-11-31-23)15-33-18-6-8-19(9-7-18)34-25-32-12-10-20(35-25)14-22-24(37)36-26(38)40-22/h1-5,10-14,18-19,33H,6-9,15H2,(H,32,34,35)(H,36,37,38)/b22-14-. The summed E-state index contributed by atoms with van der Waals surface area (Å²) in [6.45, 7) is 0.518. The summed E-state index contributed by atoms with van der Waals surface area (Å²) in [6, 6.07) is 11.6. The van der Waals surface area contributed by atoms with Crippen molar-refractivity contribution in [1.82, 2.24) is 25.6 Å². The predicted octanol–water partition coefficient (Wildman–Crippen LogP) is 5.27. The molecule has 0 unspecified atom stereocenters. The van der Waals surface area contributed by atoms with E-state index in [-0.39, 0.29) is 17.8 Å². The first-order chi connectivity index (χ1) is 19.2. The minimum atomic E-state index is -4.76. The number of nitrogens with zero attached hydrogens (tertiary/aromatic N) is 3. The number of halogens is 3. The van der Waals surface area contributed by atoms with Crippen LogP contribution >= 0.6 is 11.8 Å². The van der Waals surface area contributed by atoms with Crippen LogP contribution in [0, 0.1) is 0 Å². The van der Waals surface area contributed by atoms with Crippen molar-refractivity contribution in [2.75, 3.05) is 5.32 Å². The van der Waals surface area contributed by atoms with E-state index in [2.05, 4.69) is 35.6 Å². The van der Waals surface area contributed by atoms with Gasteiger partial charge >= 0.3 is 6.36 Å². The van der Waals surface area contributed by atoms with Crippen LogP contribution in [0.2, 0.25) is 0 Å². The molecule has 0 bridgehead atoms. The monoisotopic (exact) mass is 570 g/mol. The van der Waals surface area contributed by atoms with Crippen molar-refractivity contribution in [2.24, 2.45) is 0 Å². The Morgan fingerprint density at radius 1 is 1.02 bits per heavy atom. The number of carbonyl (C=O) groups is 2. The number of nitrogens with one attached hydrogen (secondary N) is 3. The van der Waals surface area contributed by atoms with Crippen molar-refractivity contribution in [3.63, 3.8) is 0 Å². The van der Waals surface area contributed by atoms with Crippen molar-refractivity contribution < 1.29 is 27.5 Å². The van der Waals surface area contributed by atoms with Crippen LogP contribution in [0.3, 0.4) is 0 Å².